The van der Waals surface area contributed by atoms with Crippen molar-refractivity contribution in [3.8, 4) is 5.69 Å². The van der Waals surface area contributed by atoms with Crippen LogP contribution in [0.3, 0.4) is 0 Å². The van der Waals surface area contributed by atoms with Crippen LogP contribution in [-0.2, 0) is 28.8 Å². The first-order valence-corrected chi connectivity index (χ1v) is 8.56. The maximum absolute atomic E-state index is 13.7. The van der Waals surface area contributed by atoms with Gasteiger partial charge in [0.25, 0.3) is 0 Å². The highest BCUT2D eigenvalue weighted by Crippen LogP contribution is 2.36. The van der Waals surface area contributed by atoms with Crippen LogP contribution in [0.25, 0.3) is 16.7 Å². The van der Waals surface area contributed by atoms with Crippen LogP contribution in [0.1, 0.15) is 18.1 Å². The molecule has 1 aromatic carbocycles. The molecule has 0 unspecified atom stereocenters. The van der Waals surface area contributed by atoms with Crippen molar-refractivity contribution in [1.82, 2.24) is 14.1 Å². The third kappa shape index (κ3) is 3.94. The maximum atomic E-state index is 13.7. The lowest BCUT2D eigenvalue weighted by Crippen LogP contribution is -2.38. The lowest BCUT2D eigenvalue weighted by atomic mass is 10.1. The standard InChI is InChI=1S/C18H17F3N4O4/c1-2-29-15(26)9-25-14-6-13(24-4-3-10(7-22)8-24)11(18(19,20)21)5-12(14)23-16(27)17(25)28/h3-6,8H,2,7,9,22H2,1H3,(H,23,27). The number of aromatic amines is 1. The third-order valence-corrected chi connectivity index (χ3v) is 4.26. The molecule has 11 heteroatoms. The molecule has 0 aliphatic carbocycles. The summed E-state index contributed by atoms with van der Waals surface area (Å²) in [7, 11) is 0. The highest BCUT2D eigenvalue weighted by Gasteiger charge is 2.35. The van der Waals surface area contributed by atoms with E-state index in [1.54, 1.807) is 13.0 Å². The zero-order valence-electron chi connectivity index (χ0n) is 15.2. The Labute approximate surface area is 161 Å². The van der Waals surface area contributed by atoms with Gasteiger partial charge >= 0.3 is 23.3 Å². The summed E-state index contributed by atoms with van der Waals surface area (Å²) in [6.07, 6.45) is -1.91. The molecule has 154 valence electrons. The number of nitrogens with one attached hydrogen (secondary N) is 1. The summed E-state index contributed by atoms with van der Waals surface area (Å²) in [5, 5.41) is 0. The van der Waals surface area contributed by atoms with Crippen LogP contribution in [0.15, 0.2) is 40.2 Å². The fraction of sp³-hybridized carbons (Fsp3) is 0.278. The number of benzene rings is 1. The topological polar surface area (TPSA) is 112 Å². The van der Waals surface area contributed by atoms with E-state index < -0.39 is 35.4 Å². The summed E-state index contributed by atoms with van der Waals surface area (Å²) in [6, 6.07) is 3.38. The van der Waals surface area contributed by atoms with E-state index in [0.29, 0.717) is 5.56 Å². The molecule has 3 N–H and O–H groups in total. The molecular weight excluding hydrogens is 393 g/mol. The summed E-state index contributed by atoms with van der Waals surface area (Å²) in [5.41, 5.74) is 2.31. The monoisotopic (exact) mass is 410 g/mol. The molecule has 3 rings (SSSR count). The van der Waals surface area contributed by atoms with E-state index in [1.165, 1.54) is 17.0 Å². The van der Waals surface area contributed by atoms with Crippen molar-refractivity contribution in [2.45, 2.75) is 26.2 Å². The Morgan fingerprint density at radius 2 is 2.00 bits per heavy atom. The van der Waals surface area contributed by atoms with E-state index >= 15 is 0 Å². The molecule has 0 atom stereocenters. The number of carbonyl (C=O) groups excluding carboxylic acids is 1. The lowest BCUT2D eigenvalue weighted by Gasteiger charge is -2.17. The number of nitrogens with two attached hydrogens (primary N) is 1. The smallest absolute Gasteiger partial charge is 0.418 e. The molecule has 0 spiro atoms. The van der Waals surface area contributed by atoms with Crippen LogP contribution < -0.4 is 16.9 Å². The fourth-order valence-corrected chi connectivity index (χ4v) is 2.95. The first-order valence-electron chi connectivity index (χ1n) is 8.56. The first-order chi connectivity index (χ1) is 13.7. The Balaban J connectivity index is 2.34. The third-order valence-electron chi connectivity index (χ3n) is 4.26. The Bertz CT molecular complexity index is 1190. The van der Waals surface area contributed by atoms with Gasteiger partial charge in [0.1, 0.15) is 6.54 Å². The predicted molar refractivity (Wildman–Crippen MR) is 97.7 cm³/mol. The molecule has 0 amide bonds. The maximum Gasteiger partial charge on any atom is 0.418 e. The Morgan fingerprint density at radius 3 is 2.59 bits per heavy atom. The van der Waals surface area contributed by atoms with Gasteiger partial charge in [0.05, 0.1) is 28.9 Å². The largest absolute Gasteiger partial charge is 0.465 e. The molecule has 3 aromatic rings. The summed E-state index contributed by atoms with van der Waals surface area (Å²) in [6.45, 7) is 1.12. The number of halogens is 3. The first kappa shape index (κ1) is 20.4. The van der Waals surface area contributed by atoms with Gasteiger partial charge in [-0.25, -0.2) is 0 Å². The van der Waals surface area contributed by atoms with Gasteiger partial charge in [-0.05, 0) is 30.7 Å². The fourth-order valence-electron chi connectivity index (χ4n) is 2.95. The number of H-pyrrole nitrogens is 1. The van der Waals surface area contributed by atoms with Crippen molar-refractivity contribution in [2.75, 3.05) is 6.61 Å². The average molecular weight is 410 g/mol. The molecule has 0 aliphatic rings. The van der Waals surface area contributed by atoms with Gasteiger partial charge in [-0.15, -0.1) is 0 Å². The zero-order valence-corrected chi connectivity index (χ0v) is 15.2. The summed E-state index contributed by atoms with van der Waals surface area (Å²) in [5.74, 6) is -0.797. The lowest BCUT2D eigenvalue weighted by molar-refractivity contribution is -0.143. The molecule has 0 saturated carbocycles. The summed E-state index contributed by atoms with van der Waals surface area (Å²) >= 11 is 0. The van der Waals surface area contributed by atoms with E-state index in [0.717, 1.165) is 16.7 Å². The second kappa shape index (κ2) is 7.59. The molecule has 0 fully saturated rings. The molecule has 2 aromatic heterocycles. The molecular formula is C18H17F3N4O4. The Morgan fingerprint density at radius 1 is 1.28 bits per heavy atom. The Hall–Kier alpha value is -3.34. The van der Waals surface area contributed by atoms with Gasteiger partial charge in [0.2, 0.25) is 0 Å². The van der Waals surface area contributed by atoms with Gasteiger partial charge in [0.15, 0.2) is 0 Å². The molecule has 0 bridgehead atoms. The molecule has 29 heavy (non-hydrogen) atoms. The minimum Gasteiger partial charge on any atom is -0.465 e. The van der Waals surface area contributed by atoms with E-state index in [4.69, 9.17) is 10.5 Å². The number of rotatable bonds is 5. The summed E-state index contributed by atoms with van der Waals surface area (Å²) in [4.78, 5) is 38.2. The number of alkyl halides is 3. The number of hydrogen-bond donors (Lipinski definition) is 2. The van der Waals surface area contributed by atoms with Crippen molar-refractivity contribution < 1.29 is 22.7 Å². The number of carbonyl (C=O) groups is 1. The van der Waals surface area contributed by atoms with Gasteiger partial charge in [0, 0.05) is 18.9 Å². The van der Waals surface area contributed by atoms with E-state index in [2.05, 4.69) is 4.98 Å². The summed E-state index contributed by atoms with van der Waals surface area (Å²) < 4.78 is 47.8. The zero-order chi connectivity index (χ0) is 21.3. The number of aromatic nitrogens is 3. The van der Waals surface area contributed by atoms with Crippen LogP contribution in [0, 0.1) is 0 Å². The van der Waals surface area contributed by atoms with Crippen LogP contribution in [0.5, 0.6) is 0 Å². The Kier molecular flexibility index (Phi) is 5.33. The molecule has 2 heterocycles. The predicted octanol–water partition coefficient (Wildman–Crippen LogP) is 1.52. The van der Waals surface area contributed by atoms with Gasteiger partial charge in [-0.1, -0.05) is 0 Å². The van der Waals surface area contributed by atoms with E-state index in [1.807, 2.05) is 0 Å². The molecule has 0 aliphatic heterocycles. The molecule has 8 nitrogen and oxygen atoms in total. The number of ether oxygens (including phenoxy) is 1. The normalized spacial score (nSPS) is 11.8. The van der Waals surface area contributed by atoms with Crippen molar-refractivity contribution in [2.24, 2.45) is 5.73 Å². The van der Waals surface area contributed by atoms with E-state index in [-0.39, 0.29) is 29.9 Å². The van der Waals surface area contributed by atoms with Crippen LogP contribution in [-0.4, -0.2) is 26.7 Å². The highest BCUT2D eigenvalue weighted by molar-refractivity contribution is 5.81. The quantitative estimate of drug-likeness (QED) is 0.489. The highest BCUT2D eigenvalue weighted by atomic mass is 19.4. The van der Waals surface area contributed by atoms with Gasteiger partial charge in [-0.2, -0.15) is 13.2 Å². The number of fused-ring (bicyclic) bond motifs is 1. The minimum atomic E-state index is -4.74. The van der Waals surface area contributed by atoms with Crippen molar-refractivity contribution in [3.05, 3.63) is 62.4 Å². The van der Waals surface area contributed by atoms with Crippen molar-refractivity contribution in [3.63, 3.8) is 0 Å². The molecule has 0 radical (unpaired) electrons. The van der Waals surface area contributed by atoms with Crippen LogP contribution >= 0.6 is 0 Å². The average Bonchev–Trinajstić information content (AvgIpc) is 3.13. The number of esters is 1. The van der Waals surface area contributed by atoms with E-state index in [9.17, 15) is 27.6 Å². The van der Waals surface area contributed by atoms with Crippen molar-refractivity contribution >= 4 is 17.0 Å². The second-order valence-corrected chi connectivity index (χ2v) is 6.17. The van der Waals surface area contributed by atoms with Gasteiger partial charge in [-0.3, -0.25) is 19.0 Å². The second-order valence-electron chi connectivity index (χ2n) is 6.17. The van der Waals surface area contributed by atoms with Crippen molar-refractivity contribution in [1.29, 1.82) is 0 Å². The van der Waals surface area contributed by atoms with Gasteiger partial charge < -0.3 is 20.0 Å². The molecule has 0 saturated heterocycles. The number of nitrogens with zero attached hydrogens (tertiary/aromatic N) is 2. The van der Waals surface area contributed by atoms with Crippen LogP contribution in [0.4, 0.5) is 13.2 Å². The minimum absolute atomic E-state index is 0.0451. The SMILES string of the molecule is CCOC(=O)Cn1c(=O)c(=O)[nH]c2cc(C(F)(F)F)c(-n3ccc(CN)c3)cc21. The number of hydrogen-bond acceptors (Lipinski definition) is 5. The van der Waals surface area contributed by atoms with Crippen LogP contribution in [0.2, 0.25) is 0 Å².